The molecular weight excluding hydrogens is 392 g/mol. The average Bonchev–Trinajstić information content (AvgIpc) is 3.40. The quantitative estimate of drug-likeness (QED) is 0.358. The number of nitrogens with one attached hydrogen (secondary N) is 1. The molecule has 0 atom stereocenters. The number of hydrogen-bond acceptors (Lipinski definition) is 5. The summed E-state index contributed by atoms with van der Waals surface area (Å²) in [5.41, 5.74) is 6.70. The molecule has 4 aromatic rings. The molecule has 0 aliphatic carbocycles. The van der Waals surface area contributed by atoms with Crippen LogP contribution in [0.3, 0.4) is 0 Å². The normalized spacial score (nSPS) is 11.0. The van der Waals surface area contributed by atoms with Gasteiger partial charge in [-0.25, -0.2) is 5.43 Å². The molecule has 0 bridgehead atoms. The van der Waals surface area contributed by atoms with Gasteiger partial charge >= 0.3 is 5.91 Å². The van der Waals surface area contributed by atoms with Crippen molar-refractivity contribution in [2.75, 3.05) is 0 Å². The van der Waals surface area contributed by atoms with Gasteiger partial charge in [-0.1, -0.05) is 0 Å². The van der Waals surface area contributed by atoms with E-state index in [0.29, 0.717) is 5.76 Å². The summed E-state index contributed by atoms with van der Waals surface area (Å²) in [4.78, 5) is 16.1. The Morgan fingerprint density at radius 1 is 1.03 bits per heavy atom. The average molecular weight is 414 g/mol. The van der Waals surface area contributed by atoms with Crippen LogP contribution in [0.2, 0.25) is 0 Å². The van der Waals surface area contributed by atoms with Crippen LogP contribution in [0.1, 0.15) is 33.3 Å². The van der Waals surface area contributed by atoms with Gasteiger partial charge in [0.05, 0.1) is 6.21 Å². The lowest BCUT2D eigenvalue weighted by molar-refractivity contribution is 0.0923. The monoisotopic (exact) mass is 414 g/mol. The molecule has 1 N–H and O–H groups in total. The Labute approximate surface area is 180 Å². The number of carbonyl (C=O) groups is 1. The first-order valence-corrected chi connectivity index (χ1v) is 9.80. The Balaban J connectivity index is 1.32. The lowest BCUT2D eigenvalue weighted by Gasteiger charge is -2.10. The third kappa shape index (κ3) is 4.90. The lowest BCUT2D eigenvalue weighted by Crippen LogP contribution is -2.16. The SMILES string of the molecule is Cc1ccc(C)n1-c1ccc(OCc2ccc(C(=O)NN=Cc3ccncc3)o2)cc1. The summed E-state index contributed by atoms with van der Waals surface area (Å²) >= 11 is 0. The molecule has 1 aromatic carbocycles. The summed E-state index contributed by atoms with van der Waals surface area (Å²) in [5, 5.41) is 3.92. The second kappa shape index (κ2) is 9.13. The number of amides is 1. The van der Waals surface area contributed by atoms with E-state index in [9.17, 15) is 4.79 Å². The Kier molecular flexibility index (Phi) is 5.93. The number of aromatic nitrogens is 2. The molecule has 0 aliphatic rings. The van der Waals surface area contributed by atoms with Crippen molar-refractivity contribution >= 4 is 12.1 Å². The van der Waals surface area contributed by atoms with Gasteiger partial charge in [0.25, 0.3) is 0 Å². The standard InChI is InChI=1S/C24H22N4O3/c1-17-3-4-18(2)28(17)20-5-7-21(8-6-20)30-16-22-9-10-23(31-22)24(29)27-26-15-19-11-13-25-14-12-19/h3-15H,16H2,1-2H3,(H,27,29). The number of aryl methyl sites for hydroxylation is 2. The van der Waals surface area contributed by atoms with Crippen molar-refractivity contribution in [3.8, 4) is 11.4 Å². The number of nitrogens with zero attached hydrogens (tertiary/aromatic N) is 3. The van der Waals surface area contributed by atoms with Crippen LogP contribution < -0.4 is 10.2 Å². The Hall–Kier alpha value is -4.13. The van der Waals surface area contributed by atoms with Gasteiger partial charge in [-0.05, 0) is 80.1 Å². The van der Waals surface area contributed by atoms with Crippen LogP contribution in [-0.4, -0.2) is 21.7 Å². The van der Waals surface area contributed by atoms with E-state index in [1.165, 1.54) is 17.6 Å². The van der Waals surface area contributed by atoms with Crippen molar-refractivity contribution in [2.24, 2.45) is 5.10 Å². The summed E-state index contributed by atoms with van der Waals surface area (Å²) < 4.78 is 13.5. The number of carbonyl (C=O) groups excluding carboxylic acids is 1. The molecule has 0 spiro atoms. The Morgan fingerprint density at radius 3 is 2.45 bits per heavy atom. The molecule has 0 radical (unpaired) electrons. The minimum absolute atomic E-state index is 0.166. The summed E-state index contributed by atoms with van der Waals surface area (Å²) in [7, 11) is 0. The number of hydrogen-bond donors (Lipinski definition) is 1. The highest BCUT2D eigenvalue weighted by Crippen LogP contribution is 2.20. The zero-order chi connectivity index (χ0) is 21.6. The van der Waals surface area contributed by atoms with Crippen molar-refractivity contribution in [3.05, 3.63) is 102 Å². The molecule has 0 saturated carbocycles. The summed E-state index contributed by atoms with van der Waals surface area (Å²) in [6.07, 6.45) is 4.84. The van der Waals surface area contributed by atoms with E-state index >= 15 is 0 Å². The van der Waals surface area contributed by atoms with Crippen LogP contribution in [0.4, 0.5) is 0 Å². The molecule has 156 valence electrons. The smallest absolute Gasteiger partial charge is 0.307 e. The molecule has 7 nitrogen and oxygen atoms in total. The number of furan rings is 1. The van der Waals surface area contributed by atoms with E-state index in [-0.39, 0.29) is 12.4 Å². The van der Waals surface area contributed by atoms with E-state index in [1.54, 1.807) is 36.7 Å². The minimum Gasteiger partial charge on any atom is -0.486 e. The van der Waals surface area contributed by atoms with Crippen LogP contribution in [0.25, 0.3) is 5.69 Å². The fourth-order valence-electron chi connectivity index (χ4n) is 3.17. The van der Waals surface area contributed by atoms with E-state index in [2.05, 4.69) is 46.1 Å². The molecule has 31 heavy (non-hydrogen) atoms. The maximum Gasteiger partial charge on any atom is 0.307 e. The molecule has 3 heterocycles. The molecule has 0 fully saturated rings. The number of pyridine rings is 1. The van der Waals surface area contributed by atoms with Crippen molar-refractivity contribution < 1.29 is 13.9 Å². The summed E-state index contributed by atoms with van der Waals surface area (Å²) in [6.45, 7) is 4.37. The maximum atomic E-state index is 12.2. The topological polar surface area (TPSA) is 81.6 Å². The molecular formula is C24H22N4O3. The van der Waals surface area contributed by atoms with Crippen molar-refractivity contribution in [1.29, 1.82) is 0 Å². The molecule has 0 saturated heterocycles. The van der Waals surface area contributed by atoms with E-state index in [0.717, 1.165) is 17.0 Å². The maximum absolute atomic E-state index is 12.2. The van der Waals surface area contributed by atoms with Crippen LogP contribution in [0, 0.1) is 13.8 Å². The zero-order valence-electron chi connectivity index (χ0n) is 17.3. The van der Waals surface area contributed by atoms with Crippen LogP contribution in [-0.2, 0) is 6.61 Å². The third-order valence-electron chi connectivity index (χ3n) is 4.72. The van der Waals surface area contributed by atoms with Crippen molar-refractivity contribution in [1.82, 2.24) is 15.0 Å². The largest absolute Gasteiger partial charge is 0.486 e. The molecule has 7 heteroatoms. The molecule has 3 aromatic heterocycles. The second-order valence-corrected chi connectivity index (χ2v) is 6.98. The van der Waals surface area contributed by atoms with E-state index in [1.807, 2.05) is 24.3 Å². The van der Waals surface area contributed by atoms with E-state index in [4.69, 9.17) is 9.15 Å². The number of rotatable bonds is 7. The van der Waals surface area contributed by atoms with Gasteiger partial charge in [0, 0.05) is 29.5 Å². The van der Waals surface area contributed by atoms with Gasteiger partial charge in [0.15, 0.2) is 5.76 Å². The van der Waals surface area contributed by atoms with Crippen molar-refractivity contribution in [2.45, 2.75) is 20.5 Å². The van der Waals surface area contributed by atoms with Gasteiger partial charge in [0.1, 0.15) is 18.1 Å². The van der Waals surface area contributed by atoms with Crippen molar-refractivity contribution in [3.63, 3.8) is 0 Å². The van der Waals surface area contributed by atoms with Crippen LogP contribution in [0.5, 0.6) is 5.75 Å². The lowest BCUT2D eigenvalue weighted by atomic mass is 10.3. The summed E-state index contributed by atoms with van der Waals surface area (Å²) in [5.74, 6) is 0.998. The second-order valence-electron chi connectivity index (χ2n) is 6.98. The summed E-state index contributed by atoms with van der Waals surface area (Å²) in [6, 6.07) is 18.9. The first-order valence-electron chi connectivity index (χ1n) is 9.80. The predicted octanol–water partition coefficient (Wildman–Crippen LogP) is 4.43. The van der Waals surface area contributed by atoms with Crippen LogP contribution >= 0.6 is 0 Å². The van der Waals surface area contributed by atoms with Gasteiger partial charge in [-0.3, -0.25) is 9.78 Å². The highest BCUT2D eigenvalue weighted by molar-refractivity contribution is 5.92. The highest BCUT2D eigenvalue weighted by Gasteiger charge is 2.11. The van der Waals surface area contributed by atoms with Crippen LogP contribution in [0.15, 0.2) is 82.6 Å². The molecule has 0 unspecified atom stereocenters. The fourth-order valence-corrected chi connectivity index (χ4v) is 3.17. The predicted molar refractivity (Wildman–Crippen MR) is 118 cm³/mol. The minimum atomic E-state index is -0.432. The molecule has 0 aliphatic heterocycles. The van der Waals surface area contributed by atoms with Gasteiger partial charge < -0.3 is 13.7 Å². The first-order chi connectivity index (χ1) is 15.1. The molecule has 1 amide bonds. The zero-order valence-corrected chi connectivity index (χ0v) is 17.3. The van der Waals surface area contributed by atoms with E-state index < -0.39 is 5.91 Å². The number of benzene rings is 1. The first kappa shape index (κ1) is 20.2. The van der Waals surface area contributed by atoms with Gasteiger partial charge in [-0.2, -0.15) is 5.10 Å². The van der Waals surface area contributed by atoms with Gasteiger partial charge in [0.2, 0.25) is 0 Å². The number of hydrazone groups is 1. The Morgan fingerprint density at radius 2 is 1.74 bits per heavy atom. The van der Waals surface area contributed by atoms with Gasteiger partial charge in [-0.15, -0.1) is 0 Å². The Bertz CT molecular complexity index is 1170. The molecule has 4 rings (SSSR count). The highest BCUT2D eigenvalue weighted by atomic mass is 16.5. The fraction of sp³-hybridized carbons (Fsp3) is 0.125. The third-order valence-corrected chi connectivity index (χ3v) is 4.72. The number of ether oxygens (including phenoxy) is 1.